The molecule has 3 aliphatic carbocycles. The molecule has 1 saturated heterocycles. The number of imide groups is 1. The van der Waals surface area contributed by atoms with Gasteiger partial charge >= 0.3 is 0 Å². The Hall–Kier alpha value is -3.98. The molecule has 2 amide bonds. The highest BCUT2D eigenvalue weighted by molar-refractivity contribution is 6.24. The second-order valence-corrected chi connectivity index (χ2v) is 10.4. The predicted molar refractivity (Wildman–Crippen MR) is 137 cm³/mol. The Balaban J connectivity index is 1.39. The third kappa shape index (κ3) is 2.36. The summed E-state index contributed by atoms with van der Waals surface area (Å²) in [6, 6.07) is 34.7. The van der Waals surface area contributed by atoms with Crippen LogP contribution >= 0.6 is 0 Å². The molecule has 1 heterocycles. The predicted octanol–water partition coefficient (Wildman–Crippen LogP) is 6.10. The Morgan fingerprint density at radius 1 is 0.514 bits per heavy atom. The van der Waals surface area contributed by atoms with E-state index in [0.717, 1.165) is 11.1 Å². The van der Waals surface area contributed by atoms with E-state index >= 15 is 0 Å². The van der Waals surface area contributed by atoms with Crippen molar-refractivity contribution < 1.29 is 9.59 Å². The van der Waals surface area contributed by atoms with Gasteiger partial charge in [-0.05, 0) is 45.5 Å². The Labute approximate surface area is 205 Å². The maximum absolute atomic E-state index is 14.2. The maximum atomic E-state index is 14.2. The van der Waals surface area contributed by atoms with Gasteiger partial charge in [0.25, 0.3) is 0 Å². The van der Waals surface area contributed by atoms with Crippen LogP contribution in [-0.4, -0.2) is 11.8 Å². The second-order valence-electron chi connectivity index (χ2n) is 10.4. The monoisotopic (exact) mass is 455 g/mol. The van der Waals surface area contributed by atoms with Crippen LogP contribution in [0.2, 0.25) is 0 Å². The lowest BCUT2D eigenvalue weighted by molar-refractivity contribution is -0.124. The summed E-state index contributed by atoms with van der Waals surface area (Å²) >= 11 is 0. The Morgan fingerprint density at radius 3 is 1.31 bits per heavy atom. The lowest BCUT2D eigenvalue weighted by Crippen LogP contribution is -2.59. The van der Waals surface area contributed by atoms with E-state index in [1.54, 1.807) is 0 Å². The highest BCUT2D eigenvalue weighted by atomic mass is 16.2. The molecule has 4 aromatic carbocycles. The summed E-state index contributed by atoms with van der Waals surface area (Å²) in [5, 5.41) is 0. The standard InChI is InChI=1S/C32H25NO2/c1-31-23-12-6-8-14-25(23)32(2,26-15-9-7-13-24(26)31)28-27(31)29(34)33(30(28)35)22-18-16-21(17-19-22)20-10-4-3-5-11-20/h3-19,27-28H,1-2H3/t27-,28+,31?,32?. The summed E-state index contributed by atoms with van der Waals surface area (Å²) in [5.74, 6) is -1.05. The van der Waals surface area contributed by atoms with Gasteiger partial charge in [0.2, 0.25) is 11.8 Å². The first kappa shape index (κ1) is 20.4. The largest absolute Gasteiger partial charge is 0.274 e. The molecule has 35 heavy (non-hydrogen) atoms. The van der Waals surface area contributed by atoms with Crippen LogP contribution in [0.5, 0.6) is 0 Å². The first-order valence-electron chi connectivity index (χ1n) is 12.2. The molecule has 0 saturated carbocycles. The minimum absolute atomic E-state index is 0.0924. The molecule has 1 fully saturated rings. The van der Waals surface area contributed by atoms with Crippen LogP contribution in [0, 0.1) is 11.8 Å². The topological polar surface area (TPSA) is 37.4 Å². The number of carbonyl (C=O) groups is 2. The van der Waals surface area contributed by atoms with Crippen molar-refractivity contribution in [2.75, 3.05) is 4.90 Å². The quantitative estimate of drug-likeness (QED) is 0.343. The molecule has 170 valence electrons. The van der Waals surface area contributed by atoms with Crippen molar-refractivity contribution in [1.29, 1.82) is 0 Å². The molecule has 0 unspecified atom stereocenters. The SMILES string of the molecule is CC12c3ccccc3C(C)(c3ccccc31)[C@H]1C(=O)N(c3ccc(-c4ccccc4)cc3)C(=O)[C@H]12. The molecule has 2 bridgehead atoms. The van der Waals surface area contributed by atoms with Crippen LogP contribution < -0.4 is 4.90 Å². The van der Waals surface area contributed by atoms with Crippen molar-refractivity contribution in [1.82, 2.24) is 0 Å². The summed E-state index contributed by atoms with van der Waals surface area (Å²) in [5.41, 5.74) is 6.39. The Morgan fingerprint density at radius 2 is 0.886 bits per heavy atom. The van der Waals surface area contributed by atoms with Crippen LogP contribution in [0.25, 0.3) is 11.1 Å². The number of nitrogens with zero attached hydrogens (tertiary/aromatic N) is 1. The fourth-order valence-electron chi connectivity index (χ4n) is 7.26. The van der Waals surface area contributed by atoms with E-state index in [2.05, 4.69) is 50.2 Å². The van der Waals surface area contributed by atoms with Gasteiger partial charge in [-0.3, -0.25) is 9.59 Å². The third-order valence-electron chi connectivity index (χ3n) is 8.88. The molecule has 0 N–H and O–H groups in total. The highest BCUT2D eigenvalue weighted by Crippen LogP contribution is 2.66. The van der Waals surface area contributed by atoms with Crippen LogP contribution in [0.1, 0.15) is 36.1 Å². The number of benzene rings is 4. The molecule has 0 spiro atoms. The van der Waals surface area contributed by atoms with Crippen molar-refractivity contribution in [3.63, 3.8) is 0 Å². The molecule has 2 atom stereocenters. The fourth-order valence-corrected chi connectivity index (χ4v) is 7.26. The average Bonchev–Trinajstić information content (AvgIpc) is 3.19. The van der Waals surface area contributed by atoms with Gasteiger partial charge in [-0.1, -0.05) is 105 Å². The van der Waals surface area contributed by atoms with Gasteiger partial charge in [0.1, 0.15) is 0 Å². The molecule has 1 aliphatic heterocycles. The van der Waals surface area contributed by atoms with E-state index in [4.69, 9.17) is 0 Å². The van der Waals surface area contributed by atoms with Crippen molar-refractivity contribution in [3.05, 3.63) is 125 Å². The van der Waals surface area contributed by atoms with E-state index in [1.165, 1.54) is 27.2 Å². The first-order valence-corrected chi connectivity index (χ1v) is 12.2. The molecule has 0 radical (unpaired) electrons. The second kappa shape index (κ2) is 6.79. The first-order chi connectivity index (χ1) is 17.0. The summed E-state index contributed by atoms with van der Waals surface area (Å²) in [7, 11) is 0. The summed E-state index contributed by atoms with van der Waals surface area (Å²) < 4.78 is 0. The molecule has 0 aromatic heterocycles. The molecule has 3 heteroatoms. The van der Waals surface area contributed by atoms with Crippen molar-refractivity contribution >= 4 is 17.5 Å². The number of hydrogen-bond acceptors (Lipinski definition) is 2. The van der Waals surface area contributed by atoms with E-state index in [-0.39, 0.29) is 11.8 Å². The van der Waals surface area contributed by atoms with Crippen molar-refractivity contribution in [3.8, 4) is 11.1 Å². The van der Waals surface area contributed by atoms with Gasteiger partial charge < -0.3 is 0 Å². The van der Waals surface area contributed by atoms with Gasteiger partial charge in [-0.15, -0.1) is 0 Å². The van der Waals surface area contributed by atoms with Crippen molar-refractivity contribution in [2.24, 2.45) is 11.8 Å². The van der Waals surface area contributed by atoms with Crippen molar-refractivity contribution in [2.45, 2.75) is 24.7 Å². The van der Waals surface area contributed by atoms with Gasteiger partial charge in [0, 0.05) is 10.8 Å². The van der Waals surface area contributed by atoms with Gasteiger partial charge in [-0.2, -0.15) is 0 Å². The molecular formula is C32H25NO2. The zero-order chi connectivity index (χ0) is 23.9. The molecule has 8 rings (SSSR count). The molecule has 3 nitrogen and oxygen atoms in total. The molecular weight excluding hydrogens is 430 g/mol. The number of rotatable bonds is 2. The lowest BCUT2D eigenvalue weighted by atomic mass is 9.42. The zero-order valence-corrected chi connectivity index (χ0v) is 19.7. The average molecular weight is 456 g/mol. The van der Waals surface area contributed by atoms with Crippen LogP contribution in [0.4, 0.5) is 5.69 Å². The van der Waals surface area contributed by atoms with E-state index in [1.807, 2.05) is 66.7 Å². The lowest BCUT2D eigenvalue weighted by Gasteiger charge is -2.57. The maximum Gasteiger partial charge on any atom is 0.238 e. The normalized spacial score (nSPS) is 28.0. The number of carbonyl (C=O) groups excluding carboxylic acids is 2. The summed E-state index contributed by atoms with van der Waals surface area (Å²) in [6.45, 7) is 4.32. The van der Waals surface area contributed by atoms with Gasteiger partial charge in [0.05, 0.1) is 17.5 Å². The Kier molecular flexibility index (Phi) is 3.96. The number of amides is 2. The van der Waals surface area contributed by atoms with E-state index in [0.29, 0.717) is 5.69 Å². The van der Waals surface area contributed by atoms with Gasteiger partial charge in [0.15, 0.2) is 0 Å². The smallest absolute Gasteiger partial charge is 0.238 e. The minimum atomic E-state index is -0.554. The van der Waals surface area contributed by atoms with Gasteiger partial charge in [-0.25, -0.2) is 4.90 Å². The molecule has 4 aromatic rings. The number of hydrogen-bond donors (Lipinski definition) is 0. The fraction of sp³-hybridized carbons (Fsp3) is 0.188. The minimum Gasteiger partial charge on any atom is -0.274 e. The summed E-state index contributed by atoms with van der Waals surface area (Å²) in [4.78, 5) is 29.8. The van der Waals surface area contributed by atoms with E-state index < -0.39 is 22.7 Å². The van der Waals surface area contributed by atoms with Crippen LogP contribution in [-0.2, 0) is 20.4 Å². The van der Waals surface area contributed by atoms with E-state index in [9.17, 15) is 9.59 Å². The number of anilines is 1. The van der Waals surface area contributed by atoms with Crippen LogP contribution in [0.15, 0.2) is 103 Å². The van der Waals surface area contributed by atoms with Crippen LogP contribution in [0.3, 0.4) is 0 Å². The highest BCUT2D eigenvalue weighted by Gasteiger charge is 2.70. The Bertz CT molecular complexity index is 1400. The zero-order valence-electron chi connectivity index (χ0n) is 19.7. The molecule has 4 aliphatic rings. The summed E-state index contributed by atoms with van der Waals surface area (Å²) in [6.07, 6.45) is 0. The third-order valence-corrected chi connectivity index (χ3v) is 8.88.